The highest BCUT2D eigenvalue weighted by molar-refractivity contribution is 5.92. The van der Waals surface area contributed by atoms with Crippen LogP contribution in [0.1, 0.15) is 60.6 Å². The highest BCUT2D eigenvalue weighted by Gasteiger charge is 2.36. The van der Waals surface area contributed by atoms with Crippen molar-refractivity contribution in [3.63, 3.8) is 0 Å². The maximum absolute atomic E-state index is 2.42. The number of benzene rings is 7. The monoisotopic (exact) mass is 694 g/mol. The number of hydrogen-bond donors (Lipinski definition) is 0. The molecule has 1 aromatic heterocycles. The number of aromatic nitrogens is 1. The van der Waals surface area contributed by atoms with E-state index in [4.69, 9.17) is 0 Å². The van der Waals surface area contributed by atoms with Gasteiger partial charge in [0.25, 0.3) is 0 Å². The zero-order valence-electron chi connectivity index (χ0n) is 30.9. The van der Waals surface area contributed by atoms with Crippen molar-refractivity contribution in [2.45, 2.75) is 38.0 Å². The van der Waals surface area contributed by atoms with Gasteiger partial charge in [0.15, 0.2) is 0 Å². The first-order valence-electron chi connectivity index (χ1n) is 19.1. The molecule has 10 rings (SSSR count). The Kier molecular flexibility index (Phi) is 7.56. The van der Waals surface area contributed by atoms with Crippen molar-refractivity contribution in [1.29, 1.82) is 0 Å². The molecule has 0 saturated heterocycles. The molecule has 0 aliphatic heterocycles. The molecule has 54 heavy (non-hydrogen) atoms. The fourth-order valence-electron chi connectivity index (χ4n) is 9.28. The molecule has 0 radical (unpaired) electrons. The zero-order valence-corrected chi connectivity index (χ0v) is 30.9. The molecule has 0 bridgehead atoms. The Morgan fingerprint density at radius 1 is 0.537 bits per heavy atom. The van der Waals surface area contributed by atoms with Gasteiger partial charge in [0.1, 0.15) is 0 Å². The van der Waals surface area contributed by atoms with Crippen molar-refractivity contribution >= 4 is 34.0 Å². The van der Waals surface area contributed by atoms with E-state index >= 15 is 0 Å². The smallest absolute Gasteiger partial charge is 0.0537 e. The van der Waals surface area contributed by atoms with Crippen LogP contribution in [0.15, 0.2) is 182 Å². The third kappa shape index (κ3) is 5.09. The van der Waals surface area contributed by atoms with Gasteiger partial charge in [-0.25, -0.2) is 0 Å². The highest BCUT2D eigenvalue weighted by Crippen LogP contribution is 2.51. The summed E-state index contributed by atoms with van der Waals surface area (Å²) in [5.41, 5.74) is 17.7. The second-order valence-electron chi connectivity index (χ2n) is 15.4. The average Bonchev–Trinajstić information content (AvgIpc) is 3.68. The Bertz CT molecular complexity index is 2680. The van der Waals surface area contributed by atoms with Gasteiger partial charge in [-0.2, -0.15) is 0 Å². The Morgan fingerprint density at radius 2 is 1.13 bits per heavy atom. The first kappa shape index (κ1) is 32.3. The van der Waals surface area contributed by atoms with E-state index in [-0.39, 0.29) is 11.3 Å². The molecule has 0 N–H and O–H groups in total. The summed E-state index contributed by atoms with van der Waals surface area (Å²) in [5, 5.41) is 1.33. The van der Waals surface area contributed by atoms with Gasteiger partial charge >= 0.3 is 0 Å². The van der Waals surface area contributed by atoms with E-state index in [9.17, 15) is 0 Å². The van der Waals surface area contributed by atoms with E-state index in [0.29, 0.717) is 5.92 Å². The second kappa shape index (κ2) is 12.6. The predicted octanol–water partition coefficient (Wildman–Crippen LogP) is 14.0. The van der Waals surface area contributed by atoms with Gasteiger partial charge in [-0.1, -0.05) is 148 Å². The van der Waals surface area contributed by atoms with Crippen LogP contribution in [0.2, 0.25) is 0 Å². The molecule has 1 heterocycles. The largest absolute Gasteiger partial charge is 0.310 e. The third-order valence-electron chi connectivity index (χ3n) is 12.0. The van der Waals surface area contributed by atoms with Gasteiger partial charge in [0, 0.05) is 39.5 Å². The topological polar surface area (TPSA) is 8.17 Å². The van der Waals surface area contributed by atoms with Crippen LogP contribution in [0, 0.1) is 0 Å². The molecule has 2 aliphatic carbocycles. The number of nitrogens with zero attached hydrogens (tertiary/aromatic N) is 2. The molecule has 2 heteroatoms. The molecule has 2 unspecified atom stereocenters. The van der Waals surface area contributed by atoms with E-state index in [1.165, 1.54) is 72.5 Å². The summed E-state index contributed by atoms with van der Waals surface area (Å²) in [7, 11) is 0. The lowest BCUT2D eigenvalue weighted by Gasteiger charge is -2.29. The van der Waals surface area contributed by atoms with Gasteiger partial charge in [-0.15, -0.1) is 0 Å². The van der Waals surface area contributed by atoms with Crippen molar-refractivity contribution < 1.29 is 0 Å². The average molecular weight is 695 g/mol. The Morgan fingerprint density at radius 3 is 1.89 bits per heavy atom. The van der Waals surface area contributed by atoms with Gasteiger partial charge in [0.2, 0.25) is 0 Å². The molecule has 0 fully saturated rings. The predicted molar refractivity (Wildman–Crippen MR) is 228 cm³/mol. The molecule has 0 amide bonds. The molecular formula is C52H42N2. The minimum absolute atomic E-state index is 0.0828. The maximum atomic E-state index is 2.42. The van der Waals surface area contributed by atoms with E-state index in [0.717, 1.165) is 11.4 Å². The number of allylic oxidation sites excluding steroid dienone is 1. The lowest BCUT2D eigenvalue weighted by Crippen LogP contribution is -2.16. The van der Waals surface area contributed by atoms with Gasteiger partial charge in [0.05, 0.1) is 11.2 Å². The maximum Gasteiger partial charge on any atom is 0.0537 e. The fraction of sp³-hybridized carbons (Fsp3) is 0.115. The van der Waals surface area contributed by atoms with Gasteiger partial charge < -0.3 is 9.47 Å². The van der Waals surface area contributed by atoms with Gasteiger partial charge in [-0.05, 0) is 111 Å². The van der Waals surface area contributed by atoms with Crippen molar-refractivity contribution in [3.05, 3.63) is 210 Å². The highest BCUT2D eigenvalue weighted by atomic mass is 15.1. The number of hydrogen-bond acceptors (Lipinski definition) is 1. The first-order chi connectivity index (χ1) is 26.5. The van der Waals surface area contributed by atoms with E-state index in [1.807, 2.05) is 0 Å². The summed E-state index contributed by atoms with van der Waals surface area (Å²) in [6.07, 6.45) is 4.77. The molecule has 7 aromatic carbocycles. The summed E-state index contributed by atoms with van der Waals surface area (Å²) < 4.78 is 2.42. The standard InChI is InChI=1S/C52H42N2/c1-35-43(32-33-50-51(35)46-19-11-13-21-49(46)54(50)39-16-8-5-9-17-39)38-24-28-41(29-25-38)53(40-26-22-37(23-27-40)36-14-6-4-7-15-36)42-30-31-45-44-18-10-12-20-47(44)52(2,3)48(45)34-42/h4-35,43H,1-3H3. The summed E-state index contributed by atoms with van der Waals surface area (Å²) in [5.74, 6) is 0.576. The van der Waals surface area contributed by atoms with Crippen molar-refractivity contribution in [3.8, 4) is 27.9 Å². The Labute approximate surface area is 318 Å². The molecular weight excluding hydrogens is 653 g/mol. The number of para-hydroxylation sites is 2. The van der Waals surface area contributed by atoms with Crippen LogP contribution in [-0.2, 0) is 5.41 Å². The van der Waals surface area contributed by atoms with E-state index in [1.54, 1.807) is 0 Å². The molecule has 2 atom stereocenters. The molecule has 0 saturated carbocycles. The summed E-state index contributed by atoms with van der Waals surface area (Å²) in [6.45, 7) is 7.11. The summed E-state index contributed by atoms with van der Waals surface area (Å²) in [4.78, 5) is 2.42. The van der Waals surface area contributed by atoms with Crippen molar-refractivity contribution in [2.24, 2.45) is 0 Å². The third-order valence-corrected chi connectivity index (χ3v) is 12.0. The van der Waals surface area contributed by atoms with Crippen LogP contribution in [0.3, 0.4) is 0 Å². The van der Waals surface area contributed by atoms with E-state index < -0.39 is 0 Å². The quantitative estimate of drug-likeness (QED) is 0.168. The first-order valence-corrected chi connectivity index (χ1v) is 19.1. The van der Waals surface area contributed by atoms with Crippen LogP contribution >= 0.6 is 0 Å². The number of fused-ring (bicyclic) bond motifs is 6. The normalized spacial score (nSPS) is 16.5. The molecule has 260 valence electrons. The van der Waals surface area contributed by atoms with Crippen LogP contribution in [0.4, 0.5) is 17.1 Å². The molecule has 2 nitrogen and oxygen atoms in total. The second-order valence-corrected chi connectivity index (χ2v) is 15.4. The van der Waals surface area contributed by atoms with Crippen LogP contribution < -0.4 is 4.90 Å². The molecule has 2 aliphatic rings. The van der Waals surface area contributed by atoms with Crippen LogP contribution in [-0.4, -0.2) is 4.57 Å². The minimum Gasteiger partial charge on any atom is -0.310 e. The van der Waals surface area contributed by atoms with Crippen LogP contribution in [0.5, 0.6) is 0 Å². The number of rotatable bonds is 6. The molecule has 0 spiro atoms. The van der Waals surface area contributed by atoms with E-state index in [2.05, 4.69) is 218 Å². The summed E-state index contributed by atoms with van der Waals surface area (Å²) >= 11 is 0. The molecule has 8 aromatic rings. The summed E-state index contributed by atoms with van der Waals surface area (Å²) in [6, 6.07) is 64.5. The minimum atomic E-state index is -0.0828. The SMILES string of the molecule is CC1c2c(n(-c3ccccc3)c3ccccc23)C=CC1c1ccc(N(c2ccc(-c3ccccc3)cc2)c2ccc3c(c2)C(C)(C)c2ccccc2-3)cc1. The van der Waals surface area contributed by atoms with Crippen molar-refractivity contribution in [2.75, 3.05) is 4.90 Å². The van der Waals surface area contributed by atoms with Crippen LogP contribution in [0.25, 0.3) is 44.9 Å². The number of anilines is 3. The lowest BCUT2D eigenvalue weighted by atomic mass is 9.78. The van der Waals surface area contributed by atoms with Gasteiger partial charge in [-0.3, -0.25) is 0 Å². The zero-order chi connectivity index (χ0) is 36.4. The lowest BCUT2D eigenvalue weighted by molar-refractivity contribution is 0.660. The Hall–Kier alpha value is -6.38. The van der Waals surface area contributed by atoms with Crippen molar-refractivity contribution in [1.82, 2.24) is 4.57 Å². The Balaban J connectivity index is 1.04. The fourth-order valence-corrected chi connectivity index (χ4v) is 9.28.